The number of carbonyl (C=O) groups excluding carboxylic acids is 5. The van der Waals surface area contributed by atoms with E-state index >= 15 is 0 Å². The Labute approximate surface area is 241 Å². The SMILES string of the molecule is CC(C)C[C@H](NC(=O)c1cc2ccccc2n1C)C(=O)N[C@@H](C[C@@H]1CCCNC1=O)C(=O)C(=O)NC1CCCCC1. The fourth-order valence-corrected chi connectivity index (χ4v) is 5.95. The largest absolute Gasteiger partial charge is 0.356 e. The summed E-state index contributed by atoms with van der Waals surface area (Å²) >= 11 is 0. The van der Waals surface area contributed by atoms with E-state index in [0.717, 1.165) is 49.4 Å². The lowest BCUT2D eigenvalue weighted by Gasteiger charge is -2.28. The predicted octanol–water partition coefficient (Wildman–Crippen LogP) is 2.74. The lowest BCUT2D eigenvalue weighted by Crippen LogP contribution is -2.56. The minimum Gasteiger partial charge on any atom is -0.356 e. The molecule has 0 radical (unpaired) electrons. The number of benzene rings is 1. The number of ketones is 1. The number of amides is 4. The van der Waals surface area contributed by atoms with Crippen LogP contribution < -0.4 is 21.3 Å². The van der Waals surface area contributed by atoms with Crippen LogP contribution in [0.1, 0.15) is 82.1 Å². The molecule has 4 N–H and O–H groups in total. The van der Waals surface area contributed by atoms with Gasteiger partial charge in [-0.3, -0.25) is 24.0 Å². The van der Waals surface area contributed by atoms with E-state index in [9.17, 15) is 24.0 Å². The number of fused-ring (bicyclic) bond motifs is 1. The van der Waals surface area contributed by atoms with Gasteiger partial charge in [0.15, 0.2) is 0 Å². The molecule has 2 fully saturated rings. The smallest absolute Gasteiger partial charge is 0.289 e. The van der Waals surface area contributed by atoms with E-state index in [0.29, 0.717) is 25.1 Å². The highest BCUT2D eigenvalue weighted by molar-refractivity contribution is 6.38. The van der Waals surface area contributed by atoms with E-state index in [2.05, 4.69) is 21.3 Å². The van der Waals surface area contributed by atoms with Crippen LogP contribution in [0.2, 0.25) is 0 Å². The molecule has 2 heterocycles. The van der Waals surface area contributed by atoms with Crippen LogP contribution in [0, 0.1) is 11.8 Å². The summed E-state index contributed by atoms with van der Waals surface area (Å²) in [5, 5.41) is 12.2. The Hall–Kier alpha value is -3.69. The average Bonchev–Trinajstić information content (AvgIpc) is 3.29. The van der Waals surface area contributed by atoms with Gasteiger partial charge in [0.1, 0.15) is 11.7 Å². The first kappa shape index (κ1) is 30.3. The van der Waals surface area contributed by atoms with E-state index in [1.807, 2.05) is 38.1 Å². The first-order chi connectivity index (χ1) is 19.6. The number of hydrogen-bond acceptors (Lipinski definition) is 5. The molecule has 1 aliphatic carbocycles. The lowest BCUT2D eigenvalue weighted by molar-refractivity contribution is -0.141. The molecular weight excluding hydrogens is 522 g/mol. The van der Waals surface area contributed by atoms with Gasteiger partial charge < -0.3 is 25.8 Å². The van der Waals surface area contributed by atoms with E-state index in [-0.39, 0.29) is 24.3 Å². The van der Waals surface area contributed by atoms with Gasteiger partial charge in [0.05, 0.1) is 6.04 Å². The molecule has 10 nitrogen and oxygen atoms in total. The Morgan fingerprint density at radius 3 is 2.39 bits per heavy atom. The molecular formula is C31H43N5O5. The Balaban J connectivity index is 1.51. The fraction of sp³-hybridized carbons (Fsp3) is 0.581. The Kier molecular flexibility index (Phi) is 10.2. The van der Waals surface area contributed by atoms with Crippen molar-refractivity contribution in [2.45, 2.75) is 89.8 Å². The molecule has 1 aromatic carbocycles. The highest BCUT2D eigenvalue weighted by Gasteiger charge is 2.36. The third-order valence-corrected chi connectivity index (χ3v) is 8.23. The summed E-state index contributed by atoms with van der Waals surface area (Å²) in [6.07, 6.45) is 6.43. The van der Waals surface area contributed by atoms with Crippen LogP contribution in [0.4, 0.5) is 0 Å². The molecule has 41 heavy (non-hydrogen) atoms. The molecule has 1 aliphatic heterocycles. The maximum absolute atomic E-state index is 13.6. The standard InChI is InChI=1S/C31H43N5O5/c1-19(2)16-24(35-30(40)26-18-20-10-7-8-14-25(20)36(26)3)29(39)34-23(17-21-11-9-15-32-28(21)38)27(37)31(41)33-22-12-5-4-6-13-22/h7-8,10,14,18-19,21-24H,4-6,9,11-13,15-17H2,1-3H3,(H,32,38)(H,33,41)(H,34,39)(H,35,40)/t21-,23-,24-/m0/s1. The number of hydrogen-bond donors (Lipinski definition) is 4. The molecule has 10 heteroatoms. The highest BCUT2D eigenvalue weighted by Crippen LogP contribution is 2.21. The summed E-state index contributed by atoms with van der Waals surface area (Å²) in [6, 6.07) is 7.23. The first-order valence-corrected chi connectivity index (χ1v) is 14.9. The zero-order valence-electron chi connectivity index (χ0n) is 24.3. The van der Waals surface area contributed by atoms with Crippen LogP contribution >= 0.6 is 0 Å². The molecule has 0 spiro atoms. The molecule has 2 aromatic rings. The van der Waals surface area contributed by atoms with Crippen LogP contribution in [-0.2, 0) is 26.2 Å². The maximum Gasteiger partial charge on any atom is 0.289 e. The number of carbonyl (C=O) groups is 5. The van der Waals surface area contributed by atoms with Crippen molar-refractivity contribution in [3.8, 4) is 0 Å². The number of para-hydroxylation sites is 1. The molecule has 1 saturated heterocycles. The number of nitrogens with zero attached hydrogens (tertiary/aromatic N) is 1. The summed E-state index contributed by atoms with van der Waals surface area (Å²) in [5.74, 6) is -3.07. The van der Waals surface area contributed by atoms with Gasteiger partial charge in [-0.25, -0.2) is 0 Å². The fourth-order valence-electron chi connectivity index (χ4n) is 5.95. The third kappa shape index (κ3) is 7.74. The molecule has 3 atom stereocenters. The maximum atomic E-state index is 13.6. The number of Topliss-reactive ketones (excluding diaryl/α,β-unsaturated/α-hetero) is 1. The molecule has 0 unspecified atom stereocenters. The van der Waals surface area contributed by atoms with E-state index < -0.39 is 41.5 Å². The summed E-state index contributed by atoms with van der Waals surface area (Å²) in [6.45, 7) is 4.45. The zero-order chi connectivity index (χ0) is 29.5. The minimum absolute atomic E-state index is 0.0278. The van der Waals surface area contributed by atoms with E-state index in [1.54, 1.807) is 17.7 Å². The Morgan fingerprint density at radius 2 is 1.71 bits per heavy atom. The van der Waals surface area contributed by atoms with Gasteiger partial charge in [-0.05, 0) is 56.6 Å². The second-order valence-corrected chi connectivity index (χ2v) is 11.9. The first-order valence-electron chi connectivity index (χ1n) is 14.9. The number of piperidine rings is 1. The molecule has 1 saturated carbocycles. The lowest BCUT2D eigenvalue weighted by atomic mass is 9.89. The number of rotatable bonds is 11. The van der Waals surface area contributed by atoms with Crippen molar-refractivity contribution in [1.29, 1.82) is 0 Å². The third-order valence-electron chi connectivity index (χ3n) is 8.23. The van der Waals surface area contributed by atoms with Crippen LogP contribution in [0.3, 0.4) is 0 Å². The van der Waals surface area contributed by atoms with Gasteiger partial charge in [0.2, 0.25) is 17.6 Å². The van der Waals surface area contributed by atoms with Crippen molar-refractivity contribution in [2.75, 3.05) is 6.54 Å². The second-order valence-electron chi connectivity index (χ2n) is 11.9. The molecule has 4 amide bonds. The monoisotopic (exact) mass is 565 g/mol. The Bertz CT molecular complexity index is 1280. The normalized spacial score (nSPS) is 19.3. The van der Waals surface area contributed by atoms with Crippen molar-refractivity contribution in [1.82, 2.24) is 25.8 Å². The second kappa shape index (κ2) is 13.8. The summed E-state index contributed by atoms with van der Waals surface area (Å²) < 4.78 is 1.78. The topological polar surface area (TPSA) is 138 Å². The summed E-state index contributed by atoms with van der Waals surface area (Å²) in [7, 11) is 1.80. The van der Waals surface area contributed by atoms with Crippen molar-refractivity contribution in [2.24, 2.45) is 18.9 Å². The highest BCUT2D eigenvalue weighted by atomic mass is 16.2. The van der Waals surface area contributed by atoms with Crippen molar-refractivity contribution >= 4 is 40.3 Å². The zero-order valence-corrected chi connectivity index (χ0v) is 24.3. The molecule has 0 bridgehead atoms. The number of aromatic nitrogens is 1. The minimum atomic E-state index is -1.18. The molecule has 222 valence electrons. The molecule has 2 aliphatic rings. The Morgan fingerprint density at radius 1 is 0.976 bits per heavy atom. The van der Waals surface area contributed by atoms with Crippen LogP contribution in [0.15, 0.2) is 30.3 Å². The van der Waals surface area contributed by atoms with Crippen molar-refractivity contribution in [3.63, 3.8) is 0 Å². The molecule has 1 aromatic heterocycles. The van der Waals surface area contributed by atoms with Crippen LogP contribution in [0.5, 0.6) is 0 Å². The summed E-state index contributed by atoms with van der Waals surface area (Å²) in [4.78, 5) is 65.9. The quantitative estimate of drug-likeness (QED) is 0.311. The van der Waals surface area contributed by atoms with Gasteiger partial charge in [-0.2, -0.15) is 0 Å². The van der Waals surface area contributed by atoms with Gasteiger partial charge in [0.25, 0.3) is 11.8 Å². The van der Waals surface area contributed by atoms with Gasteiger partial charge in [-0.15, -0.1) is 0 Å². The van der Waals surface area contributed by atoms with Crippen molar-refractivity contribution in [3.05, 3.63) is 36.0 Å². The number of aryl methyl sites for hydroxylation is 1. The van der Waals surface area contributed by atoms with Crippen molar-refractivity contribution < 1.29 is 24.0 Å². The average molecular weight is 566 g/mol. The predicted molar refractivity (Wildman–Crippen MR) is 156 cm³/mol. The van der Waals surface area contributed by atoms with Gasteiger partial charge in [0, 0.05) is 36.5 Å². The number of nitrogens with one attached hydrogen (secondary N) is 4. The van der Waals surface area contributed by atoms with Crippen LogP contribution in [-0.4, -0.2) is 58.6 Å². The van der Waals surface area contributed by atoms with Gasteiger partial charge in [-0.1, -0.05) is 51.3 Å². The molecule has 4 rings (SSSR count). The van der Waals surface area contributed by atoms with E-state index in [4.69, 9.17) is 0 Å². The van der Waals surface area contributed by atoms with Crippen LogP contribution in [0.25, 0.3) is 10.9 Å². The van der Waals surface area contributed by atoms with E-state index in [1.165, 1.54) is 0 Å². The van der Waals surface area contributed by atoms with Gasteiger partial charge >= 0.3 is 0 Å². The summed E-state index contributed by atoms with van der Waals surface area (Å²) in [5.41, 5.74) is 1.30.